The van der Waals surface area contributed by atoms with Gasteiger partial charge in [0.25, 0.3) is 0 Å². The smallest absolute Gasteiger partial charge is 0.126 e. The van der Waals surface area contributed by atoms with Gasteiger partial charge in [-0.05, 0) is 16.3 Å². The third-order valence-corrected chi connectivity index (χ3v) is 4.26. The Hall–Kier alpha value is -0.213. The highest BCUT2D eigenvalue weighted by molar-refractivity contribution is 7.64. The zero-order chi connectivity index (χ0) is 10.9. The predicted molar refractivity (Wildman–Crippen MR) is 71.0 cm³/mol. The maximum absolute atomic E-state index is 5.94. The lowest BCUT2D eigenvalue weighted by molar-refractivity contribution is 1.43. The van der Waals surface area contributed by atoms with Crippen LogP contribution in [0, 0.1) is 0 Å². The Morgan fingerprint density at radius 2 is 1.53 bits per heavy atom. The summed E-state index contributed by atoms with van der Waals surface area (Å²) >= 11 is 17.8. The van der Waals surface area contributed by atoms with Gasteiger partial charge in [-0.3, -0.25) is 0 Å². The molecule has 0 saturated heterocycles. The van der Waals surface area contributed by atoms with Crippen LogP contribution in [0.1, 0.15) is 5.56 Å². The van der Waals surface area contributed by atoms with Gasteiger partial charge in [-0.25, -0.2) is 0 Å². The third-order valence-electron chi connectivity index (χ3n) is 2.27. The van der Waals surface area contributed by atoms with Gasteiger partial charge in [-0.15, -0.1) is 33.2 Å². The minimum atomic E-state index is -2.60. The van der Waals surface area contributed by atoms with Crippen molar-refractivity contribution in [1.82, 2.24) is 0 Å². The molecule has 0 spiro atoms. The summed E-state index contributed by atoms with van der Waals surface area (Å²) in [6.45, 7) is 0. The summed E-state index contributed by atoms with van der Waals surface area (Å²) in [7, 11) is 0. The van der Waals surface area contributed by atoms with Crippen molar-refractivity contribution in [3.05, 3.63) is 48.0 Å². The van der Waals surface area contributed by atoms with Crippen LogP contribution in [0.2, 0.25) is 0 Å². The Morgan fingerprint density at radius 3 is 2.27 bits per heavy atom. The summed E-state index contributed by atoms with van der Waals surface area (Å²) in [5.74, 6) is 0. The Morgan fingerprint density at radius 1 is 0.867 bits per heavy atom. The van der Waals surface area contributed by atoms with Gasteiger partial charge in [0.2, 0.25) is 0 Å². The highest BCUT2D eigenvalue weighted by Gasteiger charge is 2.25. The van der Waals surface area contributed by atoms with Crippen LogP contribution in [0.15, 0.2) is 42.5 Å². The first-order valence-electron chi connectivity index (χ1n) is 4.60. The van der Waals surface area contributed by atoms with Gasteiger partial charge >= 0.3 is 6.00 Å². The van der Waals surface area contributed by atoms with E-state index in [0.29, 0.717) is 6.04 Å². The molecule has 0 saturated carbocycles. The molecule has 0 atom stereocenters. The molecule has 0 radical (unpaired) electrons. The fraction of sp³-hybridized carbons (Fsp3) is 0.0909. The molecule has 4 heteroatoms. The van der Waals surface area contributed by atoms with Crippen molar-refractivity contribution in [2.75, 3.05) is 0 Å². The lowest BCUT2D eigenvalue weighted by Crippen LogP contribution is -2.14. The molecule has 0 N–H and O–H groups in total. The first-order chi connectivity index (χ1) is 7.06. The Bertz CT molecular complexity index is 471. The molecule has 15 heavy (non-hydrogen) atoms. The summed E-state index contributed by atoms with van der Waals surface area (Å²) in [4.78, 5) is 0. The molecule has 0 aliphatic carbocycles. The summed E-state index contributed by atoms with van der Waals surface area (Å²) in [5, 5.41) is 2.37. The number of rotatable bonds is 2. The van der Waals surface area contributed by atoms with Crippen molar-refractivity contribution in [2.24, 2.45) is 0 Å². The number of benzene rings is 2. The molecule has 2 aromatic carbocycles. The second-order valence-electron chi connectivity index (χ2n) is 3.43. The van der Waals surface area contributed by atoms with Gasteiger partial charge in [0.15, 0.2) is 0 Å². The van der Waals surface area contributed by atoms with E-state index in [1.165, 1.54) is 10.8 Å². The maximum Gasteiger partial charge on any atom is 0.345 e. The molecule has 0 aliphatic heterocycles. The SMILES string of the molecule is Cl[Si](Cl)(Cl)Cc1cccc2ccccc12. The highest BCUT2D eigenvalue weighted by Crippen LogP contribution is 2.28. The maximum atomic E-state index is 5.94. The summed E-state index contributed by atoms with van der Waals surface area (Å²) < 4.78 is 0. The van der Waals surface area contributed by atoms with Crippen molar-refractivity contribution >= 4 is 50.0 Å². The van der Waals surface area contributed by atoms with Crippen LogP contribution in [-0.4, -0.2) is 6.00 Å². The Kier molecular flexibility index (Phi) is 3.26. The van der Waals surface area contributed by atoms with Gasteiger partial charge in [-0.1, -0.05) is 42.5 Å². The van der Waals surface area contributed by atoms with Crippen LogP contribution in [0.4, 0.5) is 0 Å². The van der Waals surface area contributed by atoms with Crippen molar-refractivity contribution < 1.29 is 0 Å². The fourth-order valence-corrected chi connectivity index (χ4v) is 3.70. The molecule has 0 unspecified atom stereocenters. The van der Waals surface area contributed by atoms with E-state index in [0.717, 1.165) is 5.56 Å². The summed E-state index contributed by atoms with van der Waals surface area (Å²) in [5.41, 5.74) is 1.12. The fourth-order valence-electron chi connectivity index (χ4n) is 1.66. The zero-order valence-electron chi connectivity index (χ0n) is 7.88. The quantitative estimate of drug-likeness (QED) is 0.556. The van der Waals surface area contributed by atoms with Crippen molar-refractivity contribution in [2.45, 2.75) is 6.04 Å². The van der Waals surface area contributed by atoms with Crippen LogP contribution in [-0.2, 0) is 6.04 Å². The van der Waals surface area contributed by atoms with Gasteiger partial charge in [0.05, 0.1) is 0 Å². The summed E-state index contributed by atoms with van der Waals surface area (Å²) in [6, 6.07) is 12.2. The molecule has 0 aromatic heterocycles. The molecule has 78 valence electrons. The van der Waals surface area contributed by atoms with Crippen LogP contribution in [0.25, 0.3) is 10.8 Å². The van der Waals surface area contributed by atoms with Gasteiger partial charge in [0, 0.05) is 6.04 Å². The van der Waals surface area contributed by atoms with E-state index in [4.69, 9.17) is 33.2 Å². The predicted octanol–water partition coefficient (Wildman–Crippen LogP) is 4.58. The van der Waals surface area contributed by atoms with E-state index >= 15 is 0 Å². The average molecular weight is 276 g/mol. The number of hydrogen-bond donors (Lipinski definition) is 0. The third kappa shape index (κ3) is 2.88. The normalized spacial score (nSPS) is 11.9. The topological polar surface area (TPSA) is 0 Å². The van der Waals surface area contributed by atoms with Crippen LogP contribution in [0.5, 0.6) is 0 Å². The Balaban J connectivity index is 2.52. The van der Waals surface area contributed by atoms with Crippen molar-refractivity contribution in [1.29, 1.82) is 0 Å². The molecule has 0 amide bonds. The lowest BCUT2D eigenvalue weighted by atomic mass is 10.1. The van der Waals surface area contributed by atoms with E-state index in [1.54, 1.807) is 0 Å². The lowest BCUT2D eigenvalue weighted by Gasteiger charge is -2.10. The van der Waals surface area contributed by atoms with Crippen molar-refractivity contribution in [3.63, 3.8) is 0 Å². The molecule has 2 aromatic rings. The largest absolute Gasteiger partial charge is 0.345 e. The Labute approximate surface area is 104 Å². The van der Waals surface area contributed by atoms with E-state index < -0.39 is 6.00 Å². The highest BCUT2D eigenvalue weighted by atomic mass is 35.8. The van der Waals surface area contributed by atoms with E-state index in [9.17, 15) is 0 Å². The first kappa shape index (κ1) is 11.3. The van der Waals surface area contributed by atoms with Crippen LogP contribution < -0.4 is 0 Å². The second kappa shape index (κ2) is 4.34. The number of fused-ring (bicyclic) bond motifs is 1. The standard InChI is InChI=1S/C11H9Cl3Si/c12-15(13,14)8-10-6-3-5-9-4-1-2-7-11(9)10/h1-7H,8H2. The van der Waals surface area contributed by atoms with E-state index in [2.05, 4.69) is 18.2 Å². The molecule has 0 fully saturated rings. The van der Waals surface area contributed by atoms with Crippen molar-refractivity contribution in [3.8, 4) is 0 Å². The summed E-state index contributed by atoms with van der Waals surface area (Å²) in [6.07, 6.45) is 0. The zero-order valence-corrected chi connectivity index (χ0v) is 11.2. The number of hydrogen-bond acceptors (Lipinski definition) is 0. The molecule has 0 aliphatic rings. The van der Waals surface area contributed by atoms with Crippen LogP contribution >= 0.6 is 33.2 Å². The number of halogens is 3. The van der Waals surface area contributed by atoms with E-state index in [1.807, 2.05) is 24.3 Å². The minimum absolute atomic E-state index is 0.568. The van der Waals surface area contributed by atoms with E-state index in [-0.39, 0.29) is 0 Å². The van der Waals surface area contributed by atoms with Gasteiger partial charge < -0.3 is 0 Å². The first-order valence-corrected chi connectivity index (χ1v) is 9.84. The molecular formula is C11H9Cl3Si. The molecule has 0 bridgehead atoms. The van der Waals surface area contributed by atoms with Gasteiger partial charge in [0.1, 0.15) is 0 Å². The second-order valence-corrected chi connectivity index (χ2v) is 12.6. The molecule has 0 heterocycles. The van der Waals surface area contributed by atoms with Crippen LogP contribution in [0.3, 0.4) is 0 Å². The monoisotopic (exact) mass is 274 g/mol. The van der Waals surface area contributed by atoms with Gasteiger partial charge in [-0.2, -0.15) is 0 Å². The molecular weight excluding hydrogens is 267 g/mol. The minimum Gasteiger partial charge on any atom is -0.126 e. The molecule has 2 rings (SSSR count). The average Bonchev–Trinajstić information content (AvgIpc) is 2.16. The molecule has 0 nitrogen and oxygen atoms in total.